The van der Waals surface area contributed by atoms with Crippen molar-refractivity contribution in [3.05, 3.63) is 11.6 Å². The van der Waals surface area contributed by atoms with Gasteiger partial charge in [0, 0.05) is 25.4 Å². The Morgan fingerprint density at radius 2 is 2.04 bits per heavy atom. The summed E-state index contributed by atoms with van der Waals surface area (Å²) in [6, 6.07) is 1.95. The van der Waals surface area contributed by atoms with Crippen LogP contribution < -0.4 is 0 Å². The number of hydrogen-bond donors (Lipinski definition) is 0. The largest absolute Gasteiger partial charge is 0.345 e. The zero-order valence-corrected chi connectivity index (χ0v) is 14.7. The predicted molar refractivity (Wildman–Crippen MR) is 85.1 cm³/mol. The van der Waals surface area contributed by atoms with E-state index in [4.69, 9.17) is 0 Å². The fourth-order valence-electron chi connectivity index (χ4n) is 3.77. The molecule has 0 aromatic rings. The van der Waals surface area contributed by atoms with Gasteiger partial charge in [-0.25, -0.2) is 8.78 Å². The van der Waals surface area contributed by atoms with E-state index in [1.807, 2.05) is 26.8 Å². The average molecular weight is 338 g/mol. The highest BCUT2D eigenvalue weighted by Gasteiger charge is 2.53. The van der Waals surface area contributed by atoms with Crippen molar-refractivity contribution in [3.8, 4) is 6.07 Å². The molecule has 2 aliphatic rings. The Bertz CT molecular complexity index is 633. The monoisotopic (exact) mass is 338 g/mol. The van der Waals surface area contributed by atoms with Crippen LogP contribution in [0.1, 0.15) is 46.5 Å². The van der Waals surface area contributed by atoms with Crippen LogP contribution in [-0.2, 0) is 9.59 Å². The molecule has 0 bridgehead atoms. The third-order valence-electron chi connectivity index (χ3n) is 5.29. The van der Waals surface area contributed by atoms with Gasteiger partial charge < -0.3 is 4.90 Å². The van der Waals surface area contributed by atoms with Gasteiger partial charge in [-0.15, -0.1) is 0 Å². The molecule has 1 saturated carbocycles. The summed E-state index contributed by atoms with van der Waals surface area (Å²) >= 11 is 0. The summed E-state index contributed by atoms with van der Waals surface area (Å²) in [4.78, 5) is 25.7. The molecule has 1 amide bonds. The topological polar surface area (TPSA) is 61.2 Å². The maximum Gasteiger partial charge on any atom is 0.259 e. The Balaban J connectivity index is 2.05. The Hall–Kier alpha value is -1.77. The summed E-state index contributed by atoms with van der Waals surface area (Å²) in [5.74, 6) is -4.78. The Kier molecular flexibility index (Phi) is 4.60. The lowest BCUT2D eigenvalue weighted by Crippen LogP contribution is -2.49. The number of carbonyl (C=O) groups excluding carboxylic acids is 2. The number of alkyl halides is 2. The number of amides is 1. The van der Waals surface area contributed by atoms with Gasteiger partial charge in [-0.2, -0.15) is 5.26 Å². The third kappa shape index (κ3) is 3.35. The average Bonchev–Trinajstić information content (AvgIpc) is 2.47. The first-order chi connectivity index (χ1) is 10.9. The molecule has 2 aliphatic carbocycles. The molecule has 0 spiro atoms. The maximum atomic E-state index is 13.4. The van der Waals surface area contributed by atoms with E-state index in [2.05, 4.69) is 0 Å². The van der Waals surface area contributed by atoms with Crippen LogP contribution in [0.2, 0.25) is 0 Å². The second-order valence-corrected chi connectivity index (χ2v) is 8.08. The molecule has 4 nitrogen and oxygen atoms in total. The molecule has 0 aromatic heterocycles. The molecule has 0 N–H and O–H groups in total. The van der Waals surface area contributed by atoms with Crippen molar-refractivity contribution in [1.82, 2.24) is 4.90 Å². The number of Topliss-reactive ketones (excluding diaryl/α,β-unsaturated/α-hetero) is 1. The Morgan fingerprint density at radius 1 is 1.42 bits per heavy atom. The van der Waals surface area contributed by atoms with Crippen LogP contribution in [0.3, 0.4) is 0 Å². The molecule has 24 heavy (non-hydrogen) atoms. The molecule has 0 aromatic carbocycles. The smallest absolute Gasteiger partial charge is 0.259 e. The summed E-state index contributed by atoms with van der Waals surface area (Å²) in [5.41, 5.74) is -0.912. The summed E-state index contributed by atoms with van der Waals surface area (Å²) in [7, 11) is 1.54. The lowest BCUT2D eigenvalue weighted by atomic mass is 9.64. The van der Waals surface area contributed by atoms with Crippen molar-refractivity contribution < 1.29 is 18.4 Å². The standard InChI is InChI=1S/C18H24F2N2O2/c1-16(2)11-17(3,9-12(10-21)14(16)23)7-8-22(4)15(24)13-5-6-18(13,19)20/h9,13H,5-8,11H2,1-4H3/t13?,17-/m1/s1. The van der Waals surface area contributed by atoms with Crippen molar-refractivity contribution in [2.45, 2.75) is 52.4 Å². The second-order valence-electron chi connectivity index (χ2n) is 8.08. The van der Waals surface area contributed by atoms with E-state index in [1.54, 1.807) is 6.08 Å². The van der Waals surface area contributed by atoms with Gasteiger partial charge in [-0.1, -0.05) is 26.8 Å². The number of nitrogens with zero attached hydrogens (tertiary/aromatic N) is 2. The van der Waals surface area contributed by atoms with Crippen LogP contribution in [-0.4, -0.2) is 36.1 Å². The van der Waals surface area contributed by atoms with Gasteiger partial charge in [-0.3, -0.25) is 9.59 Å². The van der Waals surface area contributed by atoms with Crippen molar-refractivity contribution in [3.63, 3.8) is 0 Å². The van der Waals surface area contributed by atoms with Crippen LogP contribution in [0, 0.1) is 28.1 Å². The van der Waals surface area contributed by atoms with E-state index in [-0.39, 0.29) is 24.2 Å². The molecule has 6 heteroatoms. The second kappa shape index (κ2) is 5.94. The summed E-state index contributed by atoms with van der Waals surface area (Å²) < 4.78 is 26.8. The lowest BCUT2D eigenvalue weighted by molar-refractivity contribution is -0.171. The lowest BCUT2D eigenvalue weighted by Gasteiger charge is -2.41. The normalized spacial score (nSPS) is 30.8. The van der Waals surface area contributed by atoms with Crippen molar-refractivity contribution in [1.29, 1.82) is 5.26 Å². The predicted octanol–water partition coefficient (Wildman–Crippen LogP) is 3.34. The van der Waals surface area contributed by atoms with Gasteiger partial charge in [0.05, 0.1) is 5.57 Å². The molecule has 0 saturated heterocycles. The van der Waals surface area contributed by atoms with Crippen LogP contribution in [0.4, 0.5) is 8.78 Å². The molecule has 0 heterocycles. The SMILES string of the molecule is CN(CC[C@]1(C)C=C(C#N)C(=O)C(C)(C)C1)C(=O)C1CCC1(F)F. The fraction of sp³-hybridized carbons (Fsp3) is 0.722. The Labute approximate surface area is 141 Å². The number of carbonyl (C=O) groups is 2. The van der Waals surface area contributed by atoms with E-state index in [0.29, 0.717) is 19.4 Å². The summed E-state index contributed by atoms with van der Waals surface area (Å²) in [5, 5.41) is 9.17. The van der Waals surface area contributed by atoms with E-state index in [0.717, 1.165) is 0 Å². The zero-order chi connectivity index (χ0) is 18.3. The number of halogens is 2. The van der Waals surface area contributed by atoms with E-state index < -0.39 is 28.6 Å². The molecule has 2 atom stereocenters. The van der Waals surface area contributed by atoms with Gasteiger partial charge in [0.2, 0.25) is 5.91 Å². The van der Waals surface area contributed by atoms with E-state index in [1.165, 1.54) is 11.9 Å². The number of rotatable bonds is 4. The van der Waals surface area contributed by atoms with Gasteiger partial charge in [0.15, 0.2) is 5.78 Å². The molecule has 1 fully saturated rings. The van der Waals surface area contributed by atoms with E-state index in [9.17, 15) is 23.6 Å². The van der Waals surface area contributed by atoms with Gasteiger partial charge >= 0.3 is 0 Å². The van der Waals surface area contributed by atoms with Gasteiger partial charge in [0.25, 0.3) is 5.92 Å². The fourth-order valence-corrected chi connectivity index (χ4v) is 3.77. The highest BCUT2D eigenvalue weighted by molar-refractivity contribution is 6.03. The van der Waals surface area contributed by atoms with Crippen LogP contribution >= 0.6 is 0 Å². The van der Waals surface area contributed by atoms with Crippen LogP contribution in [0.15, 0.2) is 11.6 Å². The first-order valence-electron chi connectivity index (χ1n) is 8.22. The van der Waals surface area contributed by atoms with Crippen molar-refractivity contribution in [2.24, 2.45) is 16.7 Å². The molecule has 2 rings (SSSR count). The highest BCUT2D eigenvalue weighted by atomic mass is 19.3. The molecular weight excluding hydrogens is 314 g/mol. The molecule has 132 valence electrons. The first-order valence-corrected chi connectivity index (χ1v) is 8.22. The minimum Gasteiger partial charge on any atom is -0.345 e. The van der Waals surface area contributed by atoms with Gasteiger partial charge in [0.1, 0.15) is 12.0 Å². The quantitative estimate of drug-likeness (QED) is 0.790. The molecule has 1 unspecified atom stereocenters. The Morgan fingerprint density at radius 3 is 2.50 bits per heavy atom. The minimum absolute atomic E-state index is 0.147. The van der Waals surface area contributed by atoms with Crippen molar-refractivity contribution in [2.75, 3.05) is 13.6 Å². The maximum absolute atomic E-state index is 13.4. The summed E-state index contributed by atoms with van der Waals surface area (Å²) in [6.07, 6.45) is 2.77. The minimum atomic E-state index is -2.89. The third-order valence-corrected chi connectivity index (χ3v) is 5.29. The molecular formula is C18H24F2N2O2. The molecule has 0 aliphatic heterocycles. The van der Waals surface area contributed by atoms with Gasteiger partial charge in [-0.05, 0) is 24.7 Å². The number of allylic oxidation sites excluding steroid dienone is 2. The summed E-state index contributed by atoms with van der Waals surface area (Å²) in [6.45, 7) is 5.87. The number of hydrogen-bond acceptors (Lipinski definition) is 3. The van der Waals surface area contributed by atoms with E-state index >= 15 is 0 Å². The number of nitriles is 1. The highest BCUT2D eigenvalue weighted by Crippen LogP contribution is 2.46. The molecule has 0 radical (unpaired) electrons. The van der Waals surface area contributed by atoms with Crippen molar-refractivity contribution >= 4 is 11.7 Å². The first kappa shape index (κ1) is 18.6. The number of ketones is 1. The van der Waals surface area contributed by atoms with Crippen LogP contribution in [0.5, 0.6) is 0 Å². The van der Waals surface area contributed by atoms with Crippen LogP contribution in [0.25, 0.3) is 0 Å². The zero-order valence-electron chi connectivity index (χ0n) is 14.7.